The molecule has 28 heavy (non-hydrogen) atoms. The average molecular weight is 370 g/mol. The molecule has 0 fully saturated rings. The zero-order chi connectivity index (χ0) is 19.5. The molecule has 138 valence electrons. The van der Waals surface area contributed by atoms with Gasteiger partial charge in [-0.25, -0.2) is 4.99 Å². The highest BCUT2D eigenvalue weighted by atomic mass is 16.3. The van der Waals surface area contributed by atoms with Crippen LogP contribution in [0.5, 0.6) is 5.75 Å². The van der Waals surface area contributed by atoms with Crippen molar-refractivity contribution in [3.05, 3.63) is 84.2 Å². The van der Waals surface area contributed by atoms with Gasteiger partial charge in [-0.2, -0.15) is 0 Å². The fourth-order valence-corrected chi connectivity index (χ4v) is 2.96. The van der Waals surface area contributed by atoms with Gasteiger partial charge in [-0.15, -0.1) is 0 Å². The molecule has 1 amide bonds. The summed E-state index contributed by atoms with van der Waals surface area (Å²) >= 11 is 0. The maximum Gasteiger partial charge on any atom is 0.221 e. The molecule has 1 aromatic heterocycles. The number of carbonyl (C=O) groups is 1. The first kappa shape index (κ1) is 17.5. The van der Waals surface area contributed by atoms with Crippen LogP contribution in [0.4, 0.5) is 11.4 Å². The number of benzene rings is 3. The molecule has 3 aromatic carbocycles. The van der Waals surface area contributed by atoms with E-state index in [1.165, 1.54) is 6.92 Å². The van der Waals surface area contributed by atoms with E-state index < -0.39 is 0 Å². The topological polar surface area (TPSA) is 74.8 Å². The Kier molecular flexibility index (Phi) is 4.64. The number of anilines is 1. The normalized spacial score (nSPS) is 11.5. The maximum absolute atomic E-state index is 11.2. The minimum Gasteiger partial charge on any atom is -0.508 e. The predicted octanol–water partition coefficient (Wildman–Crippen LogP) is 5.00. The summed E-state index contributed by atoms with van der Waals surface area (Å²) in [6.45, 7) is 1.47. The Morgan fingerprint density at radius 3 is 2.43 bits per heavy atom. The molecule has 0 aliphatic heterocycles. The van der Waals surface area contributed by atoms with Gasteiger partial charge >= 0.3 is 0 Å². The van der Waals surface area contributed by atoms with Crippen molar-refractivity contribution in [2.45, 2.75) is 6.92 Å². The van der Waals surface area contributed by atoms with Crippen molar-refractivity contribution in [1.82, 2.24) is 0 Å². The van der Waals surface area contributed by atoms with Gasteiger partial charge in [0.1, 0.15) is 17.1 Å². The number of carbonyl (C=O) groups excluding carboxylic acids is 1. The summed E-state index contributed by atoms with van der Waals surface area (Å²) < 4.78 is 6.03. The molecule has 0 bridgehead atoms. The molecule has 0 saturated heterocycles. The molecule has 5 nitrogen and oxygen atoms in total. The summed E-state index contributed by atoms with van der Waals surface area (Å²) in [6, 6.07) is 23.8. The van der Waals surface area contributed by atoms with Crippen molar-refractivity contribution in [3.8, 4) is 17.1 Å². The van der Waals surface area contributed by atoms with E-state index in [9.17, 15) is 9.90 Å². The molecule has 0 atom stereocenters. The van der Waals surface area contributed by atoms with Crippen LogP contribution >= 0.6 is 0 Å². The second-order valence-electron chi connectivity index (χ2n) is 6.38. The van der Waals surface area contributed by atoms with Crippen molar-refractivity contribution < 1.29 is 14.3 Å². The van der Waals surface area contributed by atoms with Crippen LogP contribution in [0.2, 0.25) is 0 Å². The average Bonchev–Trinajstić information content (AvgIpc) is 2.70. The molecule has 0 saturated carbocycles. The largest absolute Gasteiger partial charge is 0.508 e. The lowest BCUT2D eigenvalue weighted by atomic mass is 10.1. The molecule has 0 aliphatic rings. The third-order valence-electron chi connectivity index (χ3n) is 4.22. The summed E-state index contributed by atoms with van der Waals surface area (Å²) in [5, 5.41) is 14.0. The number of aromatic hydroxyl groups is 1. The van der Waals surface area contributed by atoms with Gasteiger partial charge in [0.15, 0.2) is 0 Å². The Labute approximate surface area is 161 Å². The fraction of sp³-hybridized carbons (Fsp3) is 0.0435. The van der Waals surface area contributed by atoms with Crippen molar-refractivity contribution in [2.24, 2.45) is 4.99 Å². The van der Waals surface area contributed by atoms with Gasteiger partial charge in [-0.3, -0.25) is 4.79 Å². The molecule has 5 heteroatoms. The molecule has 0 unspecified atom stereocenters. The zero-order valence-corrected chi connectivity index (χ0v) is 15.2. The number of phenols is 1. The van der Waals surface area contributed by atoms with E-state index in [1.807, 2.05) is 48.5 Å². The maximum atomic E-state index is 11.2. The molecular formula is C23H18N2O3. The highest BCUT2D eigenvalue weighted by Crippen LogP contribution is 2.25. The minimum absolute atomic E-state index is 0.122. The van der Waals surface area contributed by atoms with Gasteiger partial charge in [-0.05, 0) is 42.5 Å². The number of amides is 1. The van der Waals surface area contributed by atoms with E-state index in [1.54, 1.807) is 30.3 Å². The van der Waals surface area contributed by atoms with Crippen LogP contribution in [-0.4, -0.2) is 11.0 Å². The number of rotatable bonds is 3. The summed E-state index contributed by atoms with van der Waals surface area (Å²) in [7, 11) is 0. The van der Waals surface area contributed by atoms with Gasteiger partial charge in [0.05, 0.1) is 11.0 Å². The number of nitrogens with one attached hydrogen (secondary N) is 1. The lowest BCUT2D eigenvalue weighted by Gasteiger charge is -2.06. The van der Waals surface area contributed by atoms with E-state index in [2.05, 4.69) is 5.32 Å². The Bertz CT molecular complexity index is 1210. The third kappa shape index (κ3) is 3.78. The van der Waals surface area contributed by atoms with Crippen molar-refractivity contribution in [1.29, 1.82) is 0 Å². The summed E-state index contributed by atoms with van der Waals surface area (Å²) in [5.74, 6) is 0.711. The number of hydrogen-bond acceptors (Lipinski definition) is 4. The smallest absolute Gasteiger partial charge is 0.221 e. The van der Waals surface area contributed by atoms with E-state index >= 15 is 0 Å². The fourth-order valence-electron chi connectivity index (χ4n) is 2.96. The first-order chi connectivity index (χ1) is 13.6. The van der Waals surface area contributed by atoms with Gasteiger partial charge in [0.2, 0.25) is 5.91 Å². The first-order valence-corrected chi connectivity index (χ1v) is 8.83. The van der Waals surface area contributed by atoms with Crippen molar-refractivity contribution >= 4 is 28.3 Å². The molecule has 4 aromatic rings. The van der Waals surface area contributed by atoms with Crippen LogP contribution in [-0.2, 0) is 4.79 Å². The van der Waals surface area contributed by atoms with Crippen LogP contribution in [0.1, 0.15) is 6.92 Å². The lowest BCUT2D eigenvalue weighted by molar-refractivity contribution is -0.114. The first-order valence-electron chi connectivity index (χ1n) is 8.83. The lowest BCUT2D eigenvalue weighted by Crippen LogP contribution is -2.05. The molecule has 1 heterocycles. The minimum atomic E-state index is -0.122. The second kappa shape index (κ2) is 7.40. The SMILES string of the molecule is CC(=O)Nc1ccc(N=c2cc(-c3ccccc3)oc3ccc(O)cc23)cc1. The molecule has 2 N–H and O–H groups in total. The highest BCUT2D eigenvalue weighted by molar-refractivity contribution is 5.88. The van der Waals surface area contributed by atoms with E-state index in [0.29, 0.717) is 27.8 Å². The third-order valence-corrected chi connectivity index (χ3v) is 4.22. The van der Waals surface area contributed by atoms with Crippen LogP contribution < -0.4 is 10.7 Å². The van der Waals surface area contributed by atoms with Gasteiger partial charge < -0.3 is 14.8 Å². The van der Waals surface area contributed by atoms with Gasteiger partial charge in [0.25, 0.3) is 0 Å². The number of hydrogen-bond donors (Lipinski definition) is 2. The highest BCUT2D eigenvalue weighted by Gasteiger charge is 2.07. The summed E-state index contributed by atoms with van der Waals surface area (Å²) in [6.07, 6.45) is 0. The molecular weight excluding hydrogens is 352 g/mol. The quantitative estimate of drug-likeness (QED) is 0.533. The Morgan fingerprint density at radius 1 is 0.964 bits per heavy atom. The van der Waals surface area contributed by atoms with Crippen molar-refractivity contribution in [2.75, 3.05) is 5.32 Å². The van der Waals surface area contributed by atoms with Crippen LogP contribution in [0.25, 0.3) is 22.3 Å². The Balaban J connectivity index is 1.87. The monoisotopic (exact) mass is 370 g/mol. The van der Waals surface area contributed by atoms with E-state index in [4.69, 9.17) is 9.41 Å². The second-order valence-corrected chi connectivity index (χ2v) is 6.38. The number of fused-ring (bicyclic) bond motifs is 1. The Morgan fingerprint density at radius 2 is 1.71 bits per heavy atom. The van der Waals surface area contributed by atoms with Gasteiger partial charge in [0, 0.05) is 29.6 Å². The number of phenolic OH excluding ortho intramolecular Hbond substituents is 1. The summed E-state index contributed by atoms with van der Waals surface area (Å²) in [5.41, 5.74) is 3.01. The van der Waals surface area contributed by atoms with Crippen molar-refractivity contribution in [3.63, 3.8) is 0 Å². The summed E-state index contributed by atoms with van der Waals surface area (Å²) in [4.78, 5) is 15.9. The Hall–Kier alpha value is -3.86. The van der Waals surface area contributed by atoms with E-state index in [-0.39, 0.29) is 11.7 Å². The van der Waals surface area contributed by atoms with Gasteiger partial charge in [-0.1, -0.05) is 30.3 Å². The van der Waals surface area contributed by atoms with E-state index in [0.717, 1.165) is 11.3 Å². The predicted molar refractivity (Wildman–Crippen MR) is 109 cm³/mol. The molecule has 4 rings (SSSR count). The zero-order valence-electron chi connectivity index (χ0n) is 15.2. The molecule has 0 aliphatic carbocycles. The molecule has 0 spiro atoms. The molecule has 0 radical (unpaired) electrons. The van der Waals surface area contributed by atoms with Crippen LogP contribution in [0, 0.1) is 0 Å². The van der Waals surface area contributed by atoms with Crippen LogP contribution in [0.15, 0.2) is 88.3 Å². The number of nitrogens with zero attached hydrogens (tertiary/aromatic N) is 1. The standard InChI is InChI=1S/C23H18N2O3/c1-15(26)24-17-7-9-18(10-8-17)25-21-14-23(16-5-3-2-4-6-16)28-22-12-11-19(27)13-20(21)22/h2-14,27H,1H3,(H,24,26). The van der Waals surface area contributed by atoms with Crippen LogP contribution in [0.3, 0.4) is 0 Å².